The molecule has 5 rings (SSSR count). The van der Waals surface area contributed by atoms with Gasteiger partial charge in [0.2, 0.25) is 10.2 Å². The second kappa shape index (κ2) is 9.96. The summed E-state index contributed by atoms with van der Waals surface area (Å²) >= 11 is 0.232. The Kier molecular flexibility index (Phi) is 6.89. The first-order valence-corrected chi connectivity index (χ1v) is 13.5. The van der Waals surface area contributed by atoms with Crippen LogP contribution in [0.1, 0.15) is 43.2 Å². The van der Waals surface area contributed by atoms with Gasteiger partial charge in [-0.1, -0.05) is 44.5 Å². The summed E-state index contributed by atoms with van der Waals surface area (Å²) in [4.78, 5) is 16.6. The molecule has 2 aliphatic rings. The lowest BCUT2D eigenvalue weighted by Gasteiger charge is -2.20. The highest BCUT2D eigenvalue weighted by atomic mass is 32.2. The molecule has 11 heteroatoms. The number of hydrogen-bond acceptors (Lipinski definition) is 5. The fourth-order valence-electron chi connectivity index (χ4n) is 4.65. The van der Waals surface area contributed by atoms with E-state index in [0.29, 0.717) is 18.7 Å². The number of amidine groups is 2. The van der Waals surface area contributed by atoms with E-state index in [9.17, 15) is 18.0 Å². The summed E-state index contributed by atoms with van der Waals surface area (Å²) in [5.41, 5.74) is 4.56. The highest BCUT2D eigenvalue weighted by Gasteiger charge is 2.46. The number of carbonyl (C=O) groups is 1. The average molecular weight is 568 g/mol. The van der Waals surface area contributed by atoms with Crippen LogP contribution in [0.3, 0.4) is 0 Å². The van der Waals surface area contributed by atoms with E-state index < -0.39 is 23.0 Å². The van der Waals surface area contributed by atoms with Crippen molar-refractivity contribution in [2.75, 3.05) is 6.61 Å². The average Bonchev–Trinajstić information content (AvgIpc) is 3.41. The first-order valence-electron chi connectivity index (χ1n) is 12.6. The largest absolute Gasteiger partial charge is 0.492 e. The minimum absolute atomic E-state index is 0.0479. The van der Waals surface area contributed by atoms with Gasteiger partial charge in [-0.25, -0.2) is 0 Å². The number of aromatic nitrogens is 1. The number of carbonyl (C=O) groups excluding carboxylic acids is 1. The molecule has 0 saturated heterocycles. The Balaban J connectivity index is 1.45. The standard InChI is InChI=1S/C29H28F3N5O2S/c1-16-6-11-23-21(14-16)20(15-22-24(33)37-27(34-25(22)38)40-26(35-37)29(30,31)32)17(2)36(23)12-13-39-19-9-7-18(8-10-19)28(3,4)5/h6-11,14-15,33H,12-13H2,1-5H3. The molecule has 0 saturated carbocycles. The van der Waals surface area contributed by atoms with Crippen molar-refractivity contribution in [1.29, 1.82) is 5.41 Å². The lowest BCUT2D eigenvalue weighted by atomic mass is 9.87. The molecule has 0 atom stereocenters. The molecular weight excluding hydrogens is 539 g/mol. The van der Waals surface area contributed by atoms with Gasteiger partial charge < -0.3 is 9.30 Å². The quantitative estimate of drug-likeness (QED) is 0.343. The fraction of sp³-hybridized carbons (Fsp3) is 0.310. The second-order valence-corrected chi connectivity index (χ2v) is 11.7. The number of thioether (sulfide) groups is 1. The van der Waals surface area contributed by atoms with Crippen LogP contribution in [0, 0.1) is 19.3 Å². The van der Waals surface area contributed by atoms with Gasteiger partial charge in [0, 0.05) is 22.2 Å². The van der Waals surface area contributed by atoms with E-state index in [1.165, 1.54) is 11.6 Å². The second-order valence-electron chi connectivity index (χ2n) is 10.7. The van der Waals surface area contributed by atoms with Crippen LogP contribution in [0.2, 0.25) is 0 Å². The Hall–Kier alpha value is -3.86. The van der Waals surface area contributed by atoms with Gasteiger partial charge in [-0.2, -0.15) is 28.3 Å². The summed E-state index contributed by atoms with van der Waals surface area (Å²) in [5.74, 6) is -0.466. The van der Waals surface area contributed by atoms with Crippen molar-refractivity contribution in [3.8, 4) is 5.75 Å². The number of hydrogen-bond donors (Lipinski definition) is 1. The van der Waals surface area contributed by atoms with E-state index in [0.717, 1.165) is 32.9 Å². The molecule has 208 valence electrons. The molecule has 1 aromatic heterocycles. The molecule has 0 spiro atoms. The van der Waals surface area contributed by atoms with Gasteiger partial charge in [0.15, 0.2) is 5.84 Å². The number of aryl methyl sites for hydroxylation is 1. The number of amides is 1. The van der Waals surface area contributed by atoms with Crippen LogP contribution in [0.5, 0.6) is 5.75 Å². The molecule has 3 aromatic rings. The minimum Gasteiger partial charge on any atom is -0.492 e. The summed E-state index contributed by atoms with van der Waals surface area (Å²) in [6.07, 6.45) is -3.17. The normalized spacial score (nSPS) is 17.0. The number of halogens is 3. The van der Waals surface area contributed by atoms with Crippen molar-refractivity contribution in [1.82, 2.24) is 9.58 Å². The number of alkyl halides is 3. The maximum Gasteiger partial charge on any atom is 0.441 e. The van der Waals surface area contributed by atoms with Crippen LogP contribution in [-0.2, 0) is 16.8 Å². The summed E-state index contributed by atoms with van der Waals surface area (Å²) in [5, 5.41) is 12.1. The Morgan fingerprint density at radius 3 is 2.42 bits per heavy atom. The van der Waals surface area contributed by atoms with Gasteiger partial charge in [0.25, 0.3) is 5.91 Å². The zero-order valence-corrected chi connectivity index (χ0v) is 23.5. The number of benzene rings is 2. The topological polar surface area (TPSA) is 83.0 Å². The highest BCUT2D eigenvalue weighted by molar-refractivity contribution is 8.27. The Morgan fingerprint density at radius 1 is 1.07 bits per heavy atom. The van der Waals surface area contributed by atoms with Crippen molar-refractivity contribution in [2.45, 2.75) is 52.8 Å². The smallest absolute Gasteiger partial charge is 0.441 e. The van der Waals surface area contributed by atoms with Crippen LogP contribution in [0.15, 0.2) is 58.1 Å². The molecule has 3 heterocycles. The fourth-order valence-corrected chi connectivity index (χ4v) is 5.41. The molecule has 0 unspecified atom stereocenters. The number of rotatable bonds is 5. The van der Waals surface area contributed by atoms with Gasteiger partial charge in [0.05, 0.1) is 12.1 Å². The molecule has 0 fully saturated rings. The van der Waals surface area contributed by atoms with E-state index in [1.807, 2.05) is 44.2 Å². The highest BCUT2D eigenvalue weighted by Crippen LogP contribution is 2.36. The van der Waals surface area contributed by atoms with Crippen molar-refractivity contribution in [3.05, 3.63) is 70.4 Å². The van der Waals surface area contributed by atoms with Gasteiger partial charge >= 0.3 is 6.18 Å². The zero-order valence-electron chi connectivity index (χ0n) is 22.7. The maximum absolute atomic E-state index is 13.2. The van der Waals surface area contributed by atoms with Crippen LogP contribution >= 0.6 is 11.8 Å². The predicted octanol–water partition coefficient (Wildman–Crippen LogP) is 6.82. The third-order valence-electron chi connectivity index (χ3n) is 6.82. The van der Waals surface area contributed by atoms with Crippen LogP contribution in [-0.4, -0.2) is 44.3 Å². The van der Waals surface area contributed by atoms with E-state index >= 15 is 0 Å². The molecule has 2 aromatic carbocycles. The zero-order chi connectivity index (χ0) is 29.0. The Labute approximate surface area is 233 Å². The molecule has 0 bridgehead atoms. The first-order chi connectivity index (χ1) is 18.7. The van der Waals surface area contributed by atoms with Crippen molar-refractivity contribution in [3.63, 3.8) is 0 Å². The van der Waals surface area contributed by atoms with Crippen LogP contribution in [0.4, 0.5) is 13.2 Å². The molecule has 7 nitrogen and oxygen atoms in total. The monoisotopic (exact) mass is 567 g/mol. The van der Waals surface area contributed by atoms with E-state index in [-0.39, 0.29) is 27.9 Å². The first kappa shape index (κ1) is 27.7. The van der Waals surface area contributed by atoms with E-state index in [2.05, 4.69) is 47.6 Å². The number of nitrogens with one attached hydrogen (secondary N) is 1. The van der Waals surface area contributed by atoms with Crippen molar-refractivity contribution < 1.29 is 22.7 Å². The van der Waals surface area contributed by atoms with E-state index in [1.54, 1.807) is 0 Å². The number of ether oxygens (including phenoxy) is 1. The summed E-state index contributed by atoms with van der Waals surface area (Å²) in [7, 11) is 0. The predicted molar refractivity (Wildman–Crippen MR) is 153 cm³/mol. The number of nitrogens with zero attached hydrogens (tertiary/aromatic N) is 4. The van der Waals surface area contributed by atoms with Crippen LogP contribution < -0.4 is 4.74 Å². The molecule has 1 amide bonds. The summed E-state index contributed by atoms with van der Waals surface area (Å²) < 4.78 is 47.7. The van der Waals surface area contributed by atoms with Crippen molar-refractivity contribution in [2.24, 2.45) is 10.1 Å². The SMILES string of the molecule is Cc1ccc2c(c1)c(C=C1C(=N)N3N=C(C(F)(F)F)SC3=NC1=O)c(C)n2CCOc1ccc(C(C)(C)C)cc1. The third kappa shape index (κ3) is 5.17. The summed E-state index contributed by atoms with van der Waals surface area (Å²) in [6.45, 7) is 11.2. The molecule has 2 aliphatic heterocycles. The Bertz CT molecular complexity index is 1630. The van der Waals surface area contributed by atoms with Gasteiger partial charge in [-0.05, 0) is 66.9 Å². The lowest BCUT2D eigenvalue weighted by Crippen LogP contribution is -2.35. The molecule has 1 N–H and O–H groups in total. The third-order valence-corrected chi connectivity index (χ3v) is 7.77. The number of fused-ring (bicyclic) bond motifs is 2. The van der Waals surface area contributed by atoms with Crippen molar-refractivity contribution >= 4 is 50.7 Å². The summed E-state index contributed by atoms with van der Waals surface area (Å²) in [6, 6.07) is 14.0. The molecule has 0 radical (unpaired) electrons. The maximum atomic E-state index is 13.2. The molecular formula is C29H28F3N5O2S. The van der Waals surface area contributed by atoms with Gasteiger partial charge in [-0.3, -0.25) is 10.2 Å². The number of hydrazone groups is 1. The minimum atomic E-state index is -4.70. The molecule has 40 heavy (non-hydrogen) atoms. The van der Waals surface area contributed by atoms with Gasteiger partial charge in [-0.15, -0.1) is 0 Å². The van der Waals surface area contributed by atoms with Crippen LogP contribution in [0.25, 0.3) is 17.0 Å². The molecule has 0 aliphatic carbocycles. The lowest BCUT2D eigenvalue weighted by molar-refractivity contribution is -0.114. The van der Waals surface area contributed by atoms with Gasteiger partial charge in [0.1, 0.15) is 12.4 Å². The number of aliphatic imine (C=N–C) groups is 1. The van der Waals surface area contributed by atoms with E-state index in [4.69, 9.17) is 10.1 Å². The Morgan fingerprint density at radius 2 is 1.77 bits per heavy atom.